The fourth-order valence-electron chi connectivity index (χ4n) is 2.06. The quantitative estimate of drug-likeness (QED) is 0.738. The average Bonchev–Trinajstić information content (AvgIpc) is 2.94. The van der Waals surface area contributed by atoms with Crippen LogP contribution in [0.2, 0.25) is 0 Å². The first-order chi connectivity index (χ1) is 10.5. The third-order valence-corrected chi connectivity index (χ3v) is 3.56. The summed E-state index contributed by atoms with van der Waals surface area (Å²) >= 11 is 3.14. The summed E-state index contributed by atoms with van der Waals surface area (Å²) in [6.45, 7) is 0. The number of halogens is 3. The highest BCUT2D eigenvalue weighted by Gasteiger charge is 2.18. The Morgan fingerprint density at radius 1 is 1.27 bits per heavy atom. The first-order valence-electron chi connectivity index (χ1n) is 6.07. The van der Waals surface area contributed by atoms with Crippen LogP contribution in [0, 0.1) is 11.6 Å². The fourth-order valence-corrected chi connectivity index (χ4v) is 2.39. The minimum Gasteiger partial charge on any atom is -0.478 e. The summed E-state index contributed by atoms with van der Waals surface area (Å²) in [5.41, 5.74) is -0.178. The van der Waals surface area contributed by atoms with Gasteiger partial charge in [0.1, 0.15) is 34.9 Å². The number of imidazole rings is 1. The van der Waals surface area contributed by atoms with Crippen molar-refractivity contribution in [2.24, 2.45) is 0 Å². The summed E-state index contributed by atoms with van der Waals surface area (Å²) in [7, 11) is 0. The zero-order valence-corrected chi connectivity index (χ0v) is 12.4. The van der Waals surface area contributed by atoms with Crippen molar-refractivity contribution in [3.63, 3.8) is 0 Å². The maximum Gasteiger partial charge on any atom is 0.339 e. The van der Waals surface area contributed by atoms with Gasteiger partial charge in [0, 0.05) is 4.47 Å². The van der Waals surface area contributed by atoms with Gasteiger partial charge in [-0.3, -0.25) is 4.40 Å². The lowest BCUT2D eigenvalue weighted by Gasteiger charge is -2.13. The van der Waals surface area contributed by atoms with Crippen LogP contribution in [0.1, 0.15) is 10.4 Å². The standard InChI is InChI=1S/C14H8BrF2N3O2/c15-7-1-2-11(9(16)3-7)19-13-8(14(21)22)4-10(17)12-5-18-6-20(12)13/h1-6,19H,(H,21,22). The Morgan fingerprint density at radius 2 is 2.05 bits per heavy atom. The number of pyridine rings is 1. The van der Waals surface area contributed by atoms with Crippen LogP contribution in [-0.4, -0.2) is 20.5 Å². The maximum absolute atomic E-state index is 13.9. The van der Waals surface area contributed by atoms with Crippen LogP contribution >= 0.6 is 15.9 Å². The topological polar surface area (TPSA) is 66.6 Å². The molecule has 0 spiro atoms. The minimum absolute atomic E-state index is 0.0163. The lowest BCUT2D eigenvalue weighted by Crippen LogP contribution is -2.09. The van der Waals surface area contributed by atoms with Gasteiger partial charge in [-0.15, -0.1) is 0 Å². The van der Waals surface area contributed by atoms with Crippen molar-refractivity contribution in [1.29, 1.82) is 0 Å². The molecule has 0 amide bonds. The van der Waals surface area contributed by atoms with Gasteiger partial charge < -0.3 is 10.4 Å². The Labute approximate surface area is 131 Å². The number of carbonyl (C=O) groups is 1. The van der Waals surface area contributed by atoms with Crippen LogP contribution in [0.15, 0.2) is 41.3 Å². The average molecular weight is 368 g/mol. The number of carboxylic acids is 1. The molecular weight excluding hydrogens is 360 g/mol. The van der Waals surface area contributed by atoms with Gasteiger partial charge in [-0.1, -0.05) is 15.9 Å². The van der Waals surface area contributed by atoms with Crippen LogP contribution in [0.25, 0.3) is 5.52 Å². The molecule has 0 aliphatic heterocycles. The Kier molecular flexibility index (Phi) is 3.53. The Hall–Kier alpha value is -2.48. The van der Waals surface area contributed by atoms with E-state index in [2.05, 4.69) is 26.2 Å². The maximum atomic E-state index is 13.9. The SMILES string of the molecule is O=C(O)c1cc(F)c2cncn2c1Nc1ccc(Br)cc1F. The first-order valence-corrected chi connectivity index (χ1v) is 6.86. The molecule has 0 aliphatic rings. The monoisotopic (exact) mass is 367 g/mol. The van der Waals surface area contributed by atoms with Crippen molar-refractivity contribution in [1.82, 2.24) is 9.38 Å². The van der Waals surface area contributed by atoms with Crippen LogP contribution in [-0.2, 0) is 0 Å². The summed E-state index contributed by atoms with van der Waals surface area (Å²) in [5, 5.41) is 11.9. The molecule has 8 heteroatoms. The lowest BCUT2D eigenvalue weighted by atomic mass is 10.2. The van der Waals surface area contributed by atoms with Gasteiger partial charge in [0.15, 0.2) is 0 Å². The molecule has 22 heavy (non-hydrogen) atoms. The van der Waals surface area contributed by atoms with Gasteiger partial charge in [-0.05, 0) is 24.3 Å². The molecule has 0 saturated heterocycles. The molecular formula is C14H8BrF2N3O2. The van der Waals surface area contributed by atoms with E-state index in [1.165, 1.54) is 29.1 Å². The third-order valence-electron chi connectivity index (χ3n) is 3.06. The molecule has 2 aromatic heterocycles. The molecule has 1 aromatic carbocycles. The Bertz CT molecular complexity index is 895. The molecule has 2 N–H and O–H groups in total. The van der Waals surface area contributed by atoms with Crippen molar-refractivity contribution in [2.75, 3.05) is 5.32 Å². The lowest BCUT2D eigenvalue weighted by molar-refractivity contribution is 0.0697. The van der Waals surface area contributed by atoms with Gasteiger partial charge in [-0.25, -0.2) is 18.6 Å². The number of aromatic carboxylic acids is 1. The highest BCUT2D eigenvalue weighted by atomic mass is 79.9. The van der Waals surface area contributed by atoms with E-state index < -0.39 is 17.6 Å². The van der Waals surface area contributed by atoms with Gasteiger partial charge in [0.05, 0.1) is 11.9 Å². The molecule has 0 radical (unpaired) electrons. The second kappa shape index (κ2) is 5.38. The van der Waals surface area contributed by atoms with Gasteiger partial charge in [0.25, 0.3) is 0 Å². The van der Waals surface area contributed by atoms with E-state index in [-0.39, 0.29) is 22.6 Å². The first kappa shape index (κ1) is 14.5. The Balaban J connectivity index is 2.20. The smallest absolute Gasteiger partial charge is 0.339 e. The molecule has 0 unspecified atom stereocenters. The summed E-state index contributed by atoms with van der Waals surface area (Å²) in [6, 6.07) is 5.15. The summed E-state index contributed by atoms with van der Waals surface area (Å²) < 4.78 is 29.6. The molecule has 0 fully saturated rings. The predicted octanol–water partition coefficient (Wildman–Crippen LogP) is 3.82. The molecule has 0 aliphatic carbocycles. The second-order valence-electron chi connectivity index (χ2n) is 4.46. The molecule has 3 rings (SSSR count). The molecule has 5 nitrogen and oxygen atoms in total. The van der Waals surface area contributed by atoms with Crippen LogP contribution in [0.4, 0.5) is 20.3 Å². The molecule has 0 atom stereocenters. The zero-order chi connectivity index (χ0) is 15.9. The van der Waals surface area contributed by atoms with Gasteiger partial charge in [0.2, 0.25) is 0 Å². The van der Waals surface area contributed by atoms with Crippen molar-refractivity contribution in [3.05, 3.63) is 58.5 Å². The number of hydrogen-bond acceptors (Lipinski definition) is 3. The minimum atomic E-state index is -1.34. The Morgan fingerprint density at radius 3 is 2.73 bits per heavy atom. The van der Waals surface area contributed by atoms with E-state index in [1.54, 1.807) is 6.07 Å². The number of hydrogen-bond donors (Lipinski definition) is 2. The zero-order valence-electron chi connectivity index (χ0n) is 10.8. The van der Waals surface area contributed by atoms with Crippen molar-refractivity contribution in [3.8, 4) is 0 Å². The molecule has 2 heterocycles. The van der Waals surface area contributed by atoms with E-state index in [1.807, 2.05) is 0 Å². The number of carboxylic acid groups (broad SMARTS) is 1. The molecule has 112 valence electrons. The van der Waals surface area contributed by atoms with Crippen molar-refractivity contribution >= 4 is 38.9 Å². The number of fused-ring (bicyclic) bond motifs is 1. The van der Waals surface area contributed by atoms with Crippen molar-refractivity contribution in [2.45, 2.75) is 0 Å². The molecule has 0 saturated carbocycles. The van der Waals surface area contributed by atoms with Crippen LogP contribution in [0.3, 0.4) is 0 Å². The number of nitrogens with zero attached hydrogens (tertiary/aromatic N) is 2. The number of aromatic nitrogens is 2. The number of rotatable bonds is 3. The number of benzene rings is 1. The van der Waals surface area contributed by atoms with E-state index in [0.717, 1.165) is 6.07 Å². The number of anilines is 2. The fraction of sp³-hybridized carbons (Fsp3) is 0. The highest BCUT2D eigenvalue weighted by Crippen LogP contribution is 2.27. The number of nitrogens with one attached hydrogen (secondary N) is 1. The van der Waals surface area contributed by atoms with E-state index in [4.69, 9.17) is 0 Å². The highest BCUT2D eigenvalue weighted by molar-refractivity contribution is 9.10. The third kappa shape index (κ3) is 2.41. The summed E-state index contributed by atoms with van der Waals surface area (Å²) in [6.07, 6.45) is 2.51. The van der Waals surface area contributed by atoms with Gasteiger partial charge in [-0.2, -0.15) is 0 Å². The summed E-state index contributed by atoms with van der Waals surface area (Å²) in [4.78, 5) is 15.1. The van der Waals surface area contributed by atoms with Gasteiger partial charge >= 0.3 is 5.97 Å². The van der Waals surface area contributed by atoms with Crippen LogP contribution in [0.5, 0.6) is 0 Å². The second-order valence-corrected chi connectivity index (χ2v) is 5.37. The normalized spacial score (nSPS) is 10.9. The summed E-state index contributed by atoms with van der Waals surface area (Å²) in [5.74, 6) is -2.63. The largest absolute Gasteiger partial charge is 0.478 e. The molecule has 0 bridgehead atoms. The predicted molar refractivity (Wildman–Crippen MR) is 79.5 cm³/mol. The van der Waals surface area contributed by atoms with Crippen molar-refractivity contribution < 1.29 is 18.7 Å². The van der Waals surface area contributed by atoms with E-state index >= 15 is 0 Å². The van der Waals surface area contributed by atoms with E-state index in [9.17, 15) is 18.7 Å². The van der Waals surface area contributed by atoms with E-state index in [0.29, 0.717) is 4.47 Å². The molecule has 3 aromatic rings. The van der Waals surface area contributed by atoms with Crippen LogP contribution < -0.4 is 5.32 Å².